The predicted octanol–water partition coefficient (Wildman–Crippen LogP) is 3.90. The average molecular weight is 432 g/mol. The molecule has 4 amide bonds. The summed E-state index contributed by atoms with van der Waals surface area (Å²) in [5, 5.41) is 2.65. The number of nitrogens with one attached hydrogen (secondary N) is 1. The van der Waals surface area contributed by atoms with Gasteiger partial charge in [0.2, 0.25) is 5.91 Å². The van der Waals surface area contributed by atoms with Gasteiger partial charge in [-0.2, -0.15) is 0 Å². The van der Waals surface area contributed by atoms with E-state index in [1.165, 1.54) is 29.2 Å². The van der Waals surface area contributed by atoms with Gasteiger partial charge in [-0.1, -0.05) is 23.8 Å². The summed E-state index contributed by atoms with van der Waals surface area (Å²) in [6.07, 6.45) is 3.00. The fraction of sp³-hybridized carbons (Fsp3) is 0.167. The number of urea groups is 1. The Morgan fingerprint density at radius 3 is 2.44 bits per heavy atom. The number of anilines is 2. The van der Waals surface area contributed by atoms with E-state index in [1.807, 2.05) is 19.1 Å². The van der Waals surface area contributed by atoms with Crippen molar-refractivity contribution in [1.29, 1.82) is 0 Å². The molecule has 0 spiro atoms. The number of amides is 4. The summed E-state index contributed by atoms with van der Waals surface area (Å²) < 4.78 is 13.1. The van der Waals surface area contributed by atoms with Crippen molar-refractivity contribution in [3.63, 3.8) is 0 Å². The van der Waals surface area contributed by atoms with Crippen LogP contribution < -0.4 is 10.2 Å². The monoisotopic (exact) mass is 432 g/mol. The van der Waals surface area contributed by atoms with E-state index in [0.29, 0.717) is 11.4 Å². The van der Waals surface area contributed by atoms with Crippen LogP contribution in [0.2, 0.25) is 0 Å². The van der Waals surface area contributed by atoms with Crippen molar-refractivity contribution in [2.45, 2.75) is 25.9 Å². The van der Waals surface area contributed by atoms with Crippen LogP contribution in [-0.4, -0.2) is 33.8 Å². The van der Waals surface area contributed by atoms with Gasteiger partial charge < -0.3 is 10.2 Å². The molecule has 7 nitrogen and oxygen atoms in total. The molecule has 1 atom stereocenters. The highest BCUT2D eigenvalue weighted by molar-refractivity contribution is 6.22. The number of hydrogen-bond donors (Lipinski definition) is 1. The fourth-order valence-electron chi connectivity index (χ4n) is 3.55. The number of nitrogens with zero attached hydrogens (tertiary/aromatic N) is 3. The molecule has 1 N–H and O–H groups in total. The van der Waals surface area contributed by atoms with Gasteiger partial charge in [0.25, 0.3) is 5.91 Å². The molecule has 2 heterocycles. The Bertz CT molecular complexity index is 1130. The zero-order valence-electron chi connectivity index (χ0n) is 17.4. The molecule has 162 valence electrons. The van der Waals surface area contributed by atoms with Crippen molar-refractivity contribution in [2.24, 2.45) is 0 Å². The van der Waals surface area contributed by atoms with E-state index in [9.17, 15) is 18.8 Å². The van der Waals surface area contributed by atoms with Gasteiger partial charge >= 0.3 is 6.03 Å². The average Bonchev–Trinajstić information content (AvgIpc) is 3.01. The van der Waals surface area contributed by atoms with E-state index >= 15 is 0 Å². The first kappa shape index (κ1) is 21.2. The summed E-state index contributed by atoms with van der Waals surface area (Å²) in [6.45, 7) is 2.05. The highest BCUT2D eigenvalue weighted by Gasteiger charge is 2.46. The third kappa shape index (κ3) is 4.49. The molecular weight excluding hydrogens is 411 g/mol. The Morgan fingerprint density at radius 1 is 1.06 bits per heavy atom. The largest absolute Gasteiger partial charge is 0.332 e. The fourth-order valence-corrected chi connectivity index (χ4v) is 3.55. The molecule has 0 saturated carbocycles. The lowest BCUT2D eigenvalue weighted by molar-refractivity contribution is -0.124. The molecule has 4 rings (SSSR count). The number of aromatic nitrogens is 1. The van der Waals surface area contributed by atoms with Crippen molar-refractivity contribution in [2.75, 3.05) is 10.2 Å². The van der Waals surface area contributed by atoms with Crippen LogP contribution in [-0.2, 0) is 16.1 Å². The van der Waals surface area contributed by atoms with Gasteiger partial charge in [0.05, 0.1) is 12.1 Å². The molecule has 0 aliphatic carbocycles. The van der Waals surface area contributed by atoms with Crippen LogP contribution in [0.15, 0.2) is 73.1 Å². The number of carbonyl (C=O) groups is 3. The molecule has 1 saturated heterocycles. The number of imide groups is 1. The third-order valence-corrected chi connectivity index (χ3v) is 5.19. The predicted molar refractivity (Wildman–Crippen MR) is 117 cm³/mol. The summed E-state index contributed by atoms with van der Waals surface area (Å²) >= 11 is 0. The van der Waals surface area contributed by atoms with Gasteiger partial charge in [0.1, 0.15) is 11.9 Å². The van der Waals surface area contributed by atoms with Crippen LogP contribution >= 0.6 is 0 Å². The first-order valence-corrected chi connectivity index (χ1v) is 10.1. The minimum Gasteiger partial charge on any atom is -0.326 e. The maximum absolute atomic E-state index is 13.3. The van der Waals surface area contributed by atoms with Crippen molar-refractivity contribution >= 4 is 29.2 Å². The van der Waals surface area contributed by atoms with Gasteiger partial charge in [-0.15, -0.1) is 0 Å². The maximum Gasteiger partial charge on any atom is 0.332 e. The van der Waals surface area contributed by atoms with E-state index in [0.717, 1.165) is 16.0 Å². The van der Waals surface area contributed by atoms with Crippen LogP contribution in [0.25, 0.3) is 0 Å². The molecule has 2 aromatic carbocycles. The van der Waals surface area contributed by atoms with E-state index in [2.05, 4.69) is 10.3 Å². The highest BCUT2D eigenvalue weighted by atomic mass is 19.1. The van der Waals surface area contributed by atoms with Gasteiger partial charge in [0.15, 0.2) is 0 Å². The Kier molecular flexibility index (Phi) is 5.93. The number of carbonyl (C=O) groups excluding carboxylic acids is 3. The molecule has 3 aromatic rings. The Balaban J connectivity index is 1.59. The summed E-state index contributed by atoms with van der Waals surface area (Å²) in [5.41, 5.74) is 2.59. The summed E-state index contributed by atoms with van der Waals surface area (Å²) in [5.74, 6) is -1.35. The maximum atomic E-state index is 13.3. The number of aryl methyl sites for hydroxylation is 1. The lowest BCUT2D eigenvalue weighted by Crippen LogP contribution is -2.37. The van der Waals surface area contributed by atoms with Crippen molar-refractivity contribution < 1.29 is 18.8 Å². The molecule has 8 heteroatoms. The first-order valence-electron chi connectivity index (χ1n) is 10.1. The number of halogens is 1. The lowest BCUT2D eigenvalue weighted by Gasteiger charge is -2.21. The standard InChI is InChI=1S/C24H21FN4O3/c1-16-4-10-20(11-5-16)29-23(31)21(13-22(30)27-19-8-6-18(25)7-9-19)28(24(29)32)15-17-3-2-12-26-14-17/h2-12,14,21H,13,15H2,1H3,(H,27,30)/t21-/m1/s1. The quantitative estimate of drug-likeness (QED) is 0.599. The molecule has 1 aliphatic heterocycles. The third-order valence-electron chi connectivity index (χ3n) is 5.19. The topological polar surface area (TPSA) is 82.6 Å². The molecule has 1 aliphatic rings. The number of hydrogen-bond acceptors (Lipinski definition) is 4. The van der Waals surface area contributed by atoms with Crippen molar-refractivity contribution in [3.05, 3.63) is 90.0 Å². The first-order chi connectivity index (χ1) is 15.4. The van der Waals surface area contributed by atoms with Crippen LogP contribution in [0.5, 0.6) is 0 Å². The second-order valence-corrected chi connectivity index (χ2v) is 7.56. The van der Waals surface area contributed by atoms with Gasteiger partial charge in [-0.3, -0.25) is 14.6 Å². The Morgan fingerprint density at radius 2 is 1.78 bits per heavy atom. The van der Waals surface area contributed by atoms with Crippen molar-refractivity contribution in [1.82, 2.24) is 9.88 Å². The lowest BCUT2D eigenvalue weighted by atomic mass is 10.1. The zero-order valence-corrected chi connectivity index (χ0v) is 17.4. The zero-order chi connectivity index (χ0) is 22.7. The van der Waals surface area contributed by atoms with E-state index in [-0.39, 0.29) is 13.0 Å². The van der Waals surface area contributed by atoms with Gasteiger partial charge in [-0.05, 0) is 55.0 Å². The minimum atomic E-state index is -0.982. The molecule has 0 radical (unpaired) electrons. The van der Waals surface area contributed by atoms with Crippen LogP contribution in [0.4, 0.5) is 20.6 Å². The minimum absolute atomic E-state index is 0.134. The molecule has 0 bridgehead atoms. The van der Waals surface area contributed by atoms with Crippen LogP contribution in [0.1, 0.15) is 17.5 Å². The molecule has 1 aromatic heterocycles. The highest BCUT2D eigenvalue weighted by Crippen LogP contribution is 2.28. The Labute approximate surface area is 184 Å². The second-order valence-electron chi connectivity index (χ2n) is 7.56. The Hall–Kier alpha value is -4.07. The summed E-state index contributed by atoms with van der Waals surface area (Å²) in [6, 6.07) is 14.4. The van der Waals surface area contributed by atoms with Crippen LogP contribution in [0.3, 0.4) is 0 Å². The number of benzene rings is 2. The second kappa shape index (κ2) is 8.97. The van der Waals surface area contributed by atoms with Gasteiger partial charge in [0, 0.05) is 24.6 Å². The normalized spacial score (nSPS) is 15.9. The molecular formula is C24H21FN4O3. The SMILES string of the molecule is Cc1ccc(N2C(=O)[C@@H](CC(=O)Nc3ccc(F)cc3)N(Cc3cccnc3)C2=O)cc1. The van der Waals surface area contributed by atoms with E-state index < -0.39 is 29.7 Å². The smallest absolute Gasteiger partial charge is 0.326 e. The van der Waals surface area contributed by atoms with Gasteiger partial charge in [-0.25, -0.2) is 14.1 Å². The molecule has 0 unspecified atom stereocenters. The molecule has 32 heavy (non-hydrogen) atoms. The number of pyridine rings is 1. The molecule has 1 fully saturated rings. The van der Waals surface area contributed by atoms with E-state index in [1.54, 1.807) is 36.7 Å². The summed E-state index contributed by atoms with van der Waals surface area (Å²) in [4.78, 5) is 45.7. The summed E-state index contributed by atoms with van der Waals surface area (Å²) in [7, 11) is 0. The van der Waals surface area contributed by atoms with Crippen LogP contribution in [0, 0.1) is 12.7 Å². The van der Waals surface area contributed by atoms with Crippen molar-refractivity contribution in [3.8, 4) is 0 Å². The number of rotatable bonds is 6. The van der Waals surface area contributed by atoms with E-state index in [4.69, 9.17) is 0 Å².